The molecule has 0 aromatic heterocycles. The summed E-state index contributed by atoms with van der Waals surface area (Å²) in [6, 6.07) is 13.3. The molecule has 7 nitrogen and oxygen atoms in total. The Hall–Kier alpha value is -2.42. The summed E-state index contributed by atoms with van der Waals surface area (Å²) >= 11 is 6.08. The Labute approximate surface area is 175 Å². The van der Waals surface area contributed by atoms with Gasteiger partial charge in [0.15, 0.2) is 9.84 Å². The molecule has 0 atom stereocenters. The summed E-state index contributed by atoms with van der Waals surface area (Å²) in [6.07, 6.45) is 1.10. The van der Waals surface area contributed by atoms with E-state index in [1.54, 1.807) is 17.0 Å². The number of nitrogens with zero attached hydrogens (tertiary/aromatic N) is 2. The summed E-state index contributed by atoms with van der Waals surface area (Å²) < 4.78 is 23.4. The van der Waals surface area contributed by atoms with Gasteiger partial charge in [-0.3, -0.25) is 14.5 Å². The van der Waals surface area contributed by atoms with Gasteiger partial charge < -0.3 is 10.2 Å². The van der Waals surface area contributed by atoms with Crippen molar-refractivity contribution in [3.63, 3.8) is 0 Å². The van der Waals surface area contributed by atoms with Crippen LogP contribution in [-0.2, 0) is 14.6 Å². The molecular weight excluding hydrogens is 414 g/mol. The van der Waals surface area contributed by atoms with E-state index >= 15 is 0 Å². The molecule has 1 aliphatic heterocycles. The normalized spacial score (nSPS) is 15.2. The van der Waals surface area contributed by atoms with Crippen molar-refractivity contribution in [2.75, 3.05) is 44.3 Å². The van der Waals surface area contributed by atoms with Gasteiger partial charge in [0, 0.05) is 38.0 Å². The monoisotopic (exact) mass is 435 g/mol. The minimum Gasteiger partial charge on any atom is -0.336 e. The molecule has 29 heavy (non-hydrogen) atoms. The van der Waals surface area contributed by atoms with Crippen molar-refractivity contribution < 1.29 is 18.0 Å². The second-order valence-corrected chi connectivity index (χ2v) is 9.32. The van der Waals surface area contributed by atoms with Gasteiger partial charge in [-0.1, -0.05) is 29.8 Å². The first-order chi connectivity index (χ1) is 13.7. The van der Waals surface area contributed by atoms with E-state index in [9.17, 15) is 18.0 Å². The van der Waals surface area contributed by atoms with Gasteiger partial charge in [-0.15, -0.1) is 0 Å². The zero-order valence-electron chi connectivity index (χ0n) is 16.0. The van der Waals surface area contributed by atoms with E-state index in [1.165, 1.54) is 18.2 Å². The molecule has 0 aliphatic carbocycles. The lowest BCUT2D eigenvalue weighted by Gasteiger charge is -2.34. The van der Waals surface area contributed by atoms with Crippen molar-refractivity contribution in [2.24, 2.45) is 0 Å². The average molecular weight is 436 g/mol. The highest BCUT2D eigenvalue weighted by Gasteiger charge is 2.23. The fourth-order valence-corrected chi connectivity index (χ4v) is 3.91. The third-order valence-electron chi connectivity index (χ3n) is 4.69. The lowest BCUT2D eigenvalue weighted by molar-refractivity contribution is -0.117. The SMILES string of the molecule is CS(=O)(=O)c1ccc(Cl)c(NC(=O)CN2CCN(C(=O)c3ccccc3)CC2)c1. The topological polar surface area (TPSA) is 86.8 Å². The highest BCUT2D eigenvalue weighted by molar-refractivity contribution is 7.90. The van der Waals surface area contributed by atoms with Gasteiger partial charge in [-0.25, -0.2) is 8.42 Å². The average Bonchev–Trinajstić information content (AvgIpc) is 2.69. The third kappa shape index (κ3) is 5.56. The van der Waals surface area contributed by atoms with Gasteiger partial charge in [-0.05, 0) is 30.3 Å². The lowest BCUT2D eigenvalue weighted by atomic mass is 10.2. The Morgan fingerprint density at radius 2 is 1.69 bits per heavy atom. The molecule has 1 fully saturated rings. The van der Waals surface area contributed by atoms with Gasteiger partial charge in [-0.2, -0.15) is 0 Å². The second-order valence-electron chi connectivity index (χ2n) is 6.90. The molecule has 2 aromatic carbocycles. The third-order valence-corrected chi connectivity index (χ3v) is 6.13. The highest BCUT2D eigenvalue weighted by atomic mass is 35.5. The van der Waals surface area contributed by atoms with Crippen molar-refractivity contribution in [3.05, 3.63) is 59.1 Å². The minimum absolute atomic E-state index is 0.0147. The van der Waals surface area contributed by atoms with Crippen LogP contribution in [-0.4, -0.2) is 69.0 Å². The zero-order chi connectivity index (χ0) is 21.0. The molecule has 3 rings (SSSR count). The summed E-state index contributed by atoms with van der Waals surface area (Å²) in [5, 5.41) is 2.94. The number of halogens is 1. The molecule has 2 aromatic rings. The molecule has 0 saturated carbocycles. The number of carbonyl (C=O) groups is 2. The fourth-order valence-electron chi connectivity index (χ4n) is 3.10. The van der Waals surface area contributed by atoms with Crippen molar-refractivity contribution in [1.29, 1.82) is 0 Å². The van der Waals surface area contributed by atoms with E-state index in [0.717, 1.165) is 6.26 Å². The van der Waals surface area contributed by atoms with E-state index in [0.29, 0.717) is 31.7 Å². The number of nitrogens with one attached hydrogen (secondary N) is 1. The first-order valence-corrected chi connectivity index (χ1v) is 11.4. The van der Waals surface area contributed by atoms with E-state index in [4.69, 9.17) is 11.6 Å². The maximum Gasteiger partial charge on any atom is 0.253 e. The lowest BCUT2D eigenvalue weighted by Crippen LogP contribution is -2.50. The summed E-state index contributed by atoms with van der Waals surface area (Å²) in [5.74, 6) is -0.306. The molecule has 2 amide bonds. The van der Waals surface area contributed by atoms with Gasteiger partial charge >= 0.3 is 0 Å². The zero-order valence-corrected chi connectivity index (χ0v) is 17.5. The summed E-state index contributed by atoms with van der Waals surface area (Å²) in [4.78, 5) is 28.7. The van der Waals surface area contributed by atoms with Crippen LogP contribution in [0.15, 0.2) is 53.4 Å². The van der Waals surface area contributed by atoms with Crippen molar-refractivity contribution >= 4 is 38.9 Å². The number of benzene rings is 2. The first-order valence-electron chi connectivity index (χ1n) is 9.10. The maximum atomic E-state index is 12.5. The van der Waals surface area contributed by atoms with Crippen molar-refractivity contribution in [2.45, 2.75) is 4.90 Å². The van der Waals surface area contributed by atoms with Gasteiger partial charge in [0.05, 0.1) is 22.2 Å². The molecule has 1 aliphatic rings. The summed E-state index contributed by atoms with van der Waals surface area (Å²) in [6.45, 7) is 2.34. The number of amides is 2. The Balaban J connectivity index is 1.55. The van der Waals surface area contributed by atoms with Crippen LogP contribution < -0.4 is 5.32 Å². The predicted octanol–water partition coefficient (Wildman–Crippen LogP) is 2.14. The van der Waals surface area contributed by atoms with Gasteiger partial charge in [0.1, 0.15) is 0 Å². The number of rotatable bonds is 5. The van der Waals surface area contributed by atoms with Crippen LogP contribution in [0.25, 0.3) is 0 Å². The Morgan fingerprint density at radius 1 is 1.03 bits per heavy atom. The van der Waals surface area contributed by atoms with Crippen molar-refractivity contribution in [1.82, 2.24) is 9.80 Å². The number of carbonyl (C=O) groups excluding carboxylic acids is 2. The minimum atomic E-state index is -3.40. The number of piperazine rings is 1. The summed E-state index contributed by atoms with van der Waals surface area (Å²) in [5.41, 5.74) is 0.913. The van der Waals surface area contributed by atoms with Crippen LogP contribution in [0.1, 0.15) is 10.4 Å². The Kier molecular flexibility index (Phi) is 6.56. The highest BCUT2D eigenvalue weighted by Crippen LogP contribution is 2.25. The predicted molar refractivity (Wildman–Crippen MR) is 112 cm³/mol. The number of hydrogen-bond acceptors (Lipinski definition) is 5. The smallest absolute Gasteiger partial charge is 0.253 e. The number of sulfone groups is 1. The van der Waals surface area contributed by atoms with E-state index in [1.807, 2.05) is 23.1 Å². The van der Waals surface area contributed by atoms with Crippen LogP contribution in [0.5, 0.6) is 0 Å². The molecule has 0 radical (unpaired) electrons. The molecule has 0 spiro atoms. The summed E-state index contributed by atoms with van der Waals surface area (Å²) in [7, 11) is -3.40. The second kappa shape index (κ2) is 8.94. The molecule has 1 heterocycles. The first kappa shape index (κ1) is 21.3. The molecule has 0 bridgehead atoms. The standard InChI is InChI=1S/C20H22ClN3O4S/c1-29(27,28)16-7-8-17(21)18(13-16)22-19(25)14-23-9-11-24(12-10-23)20(26)15-5-3-2-4-6-15/h2-8,13H,9-12,14H2,1H3,(H,22,25). The largest absolute Gasteiger partial charge is 0.336 e. The van der Waals surface area contributed by atoms with Gasteiger partial charge in [0.25, 0.3) is 5.91 Å². The Morgan fingerprint density at radius 3 is 2.31 bits per heavy atom. The van der Waals surface area contributed by atoms with Crippen LogP contribution in [0.2, 0.25) is 5.02 Å². The van der Waals surface area contributed by atoms with Crippen LogP contribution >= 0.6 is 11.6 Å². The van der Waals surface area contributed by atoms with Crippen LogP contribution in [0.4, 0.5) is 5.69 Å². The number of hydrogen-bond donors (Lipinski definition) is 1. The number of anilines is 1. The van der Waals surface area contributed by atoms with E-state index in [-0.39, 0.29) is 34.0 Å². The van der Waals surface area contributed by atoms with Crippen LogP contribution in [0.3, 0.4) is 0 Å². The quantitative estimate of drug-likeness (QED) is 0.777. The molecule has 0 unspecified atom stereocenters. The molecule has 154 valence electrons. The Bertz CT molecular complexity index is 1000. The van der Waals surface area contributed by atoms with E-state index in [2.05, 4.69) is 5.32 Å². The molecule has 9 heteroatoms. The maximum absolute atomic E-state index is 12.5. The molecular formula is C20H22ClN3O4S. The molecule has 1 N–H and O–H groups in total. The van der Waals surface area contributed by atoms with Crippen LogP contribution in [0, 0.1) is 0 Å². The van der Waals surface area contributed by atoms with Gasteiger partial charge in [0.2, 0.25) is 5.91 Å². The van der Waals surface area contributed by atoms with E-state index < -0.39 is 9.84 Å². The fraction of sp³-hybridized carbons (Fsp3) is 0.300. The van der Waals surface area contributed by atoms with Crippen molar-refractivity contribution in [3.8, 4) is 0 Å². The molecule has 1 saturated heterocycles.